The predicted octanol–water partition coefficient (Wildman–Crippen LogP) is 3.22. The van der Waals surface area contributed by atoms with E-state index in [1.807, 2.05) is 0 Å². The Balaban J connectivity index is 1.67. The van der Waals surface area contributed by atoms with Crippen LogP contribution in [0.5, 0.6) is 5.75 Å². The number of halogens is 2. The number of benzene rings is 2. The number of carbonyl (C=O) groups excluding carboxylic acids is 1. The maximum atomic E-state index is 12.7. The molecule has 0 saturated carbocycles. The Morgan fingerprint density at radius 1 is 1.10 bits per heavy atom. The first-order valence-electron chi connectivity index (χ1n) is 6.53. The second kappa shape index (κ2) is 7.64. The molecule has 2 rings (SSSR count). The zero-order valence-electron chi connectivity index (χ0n) is 11.3. The Hall–Kier alpha value is -2.07. The number of ether oxygens (including phenoxy) is 1. The first-order valence-corrected chi connectivity index (χ1v) is 6.91. The van der Waals surface area contributed by atoms with Crippen molar-refractivity contribution in [1.29, 1.82) is 0 Å². The van der Waals surface area contributed by atoms with Gasteiger partial charge < -0.3 is 10.1 Å². The van der Waals surface area contributed by atoms with Crippen molar-refractivity contribution in [3.63, 3.8) is 0 Å². The summed E-state index contributed by atoms with van der Waals surface area (Å²) in [7, 11) is 0. The highest BCUT2D eigenvalue weighted by molar-refractivity contribution is 6.30. The maximum Gasteiger partial charge on any atom is 0.224 e. The van der Waals surface area contributed by atoms with Crippen LogP contribution in [0, 0.1) is 5.82 Å². The third kappa shape index (κ3) is 5.44. The van der Waals surface area contributed by atoms with E-state index in [4.69, 9.17) is 16.3 Å². The fraction of sp³-hybridized carbons (Fsp3) is 0.188. The Kier molecular flexibility index (Phi) is 5.58. The lowest BCUT2D eigenvalue weighted by Crippen LogP contribution is -2.29. The standard InChI is InChI=1S/C16H15ClFNO2/c17-13-3-7-15(8-4-13)21-10-9-19-16(20)11-12-1-5-14(18)6-2-12/h1-8H,9-11H2,(H,19,20). The van der Waals surface area contributed by atoms with Gasteiger partial charge in [-0.3, -0.25) is 4.79 Å². The van der Waals surface area contributed by atoms with Gasteiger partial charge in [0, 0.05) is 5.02 Å². The van der Waals surface area contributed by atoms with Crippen molar-refractivity contribution in [2.24, 2.45) is 0 Å². The molecule has 110 valence electrons. The molecule has 0 spiro atoms. The van der Waals surface area contributed by atoms with E-state index >= 15 is 0 Å². The fourth-order valence-electron chi connectivity index (χ4n) is 1.74. The SMILES string of the molecule is O=C(Cc1ccc(F)cc1)NCCOc1ccc(Cl)cc1. The molecule has 5 heteroatoms. The maximum absolute atomic E-state index is 12.7. The van der Waals surface area contributed by atoms with Crippen LogP contribution in [0.2, 0.25) is 5.02 Å². The average molecular weight is 308 g/mol. The van der Waals surface area contributed by atoms with Crippen molar-refractivity contribution in [2.45, 2.75) is 6.42 Å². The molecule has 0 aliphatic carbocycles. The molecule has 0 fully saturated rings. The van der Waals surface area contributed by atoms with Crippen LogP contribution < -0.4 is 10.1 Å². The fourth-order valence-corrected chi connectivity index (χ4v) is 1.87. The highest BCUT2D eigenvalue weighted by Crippen LogP contribution is 2.15. The van der Waals surface area contributed by atoms with E-state index in [2.05, 4.69) is 5.32 Å². The van der Waals surface area contributed by atoms with Crippen molar-refractivity contribution in [2.75, 3.05) is 13.2 Å². The van der Waals surface area contributed by atoms with Gasteiger partial charge in [-0.1, -0.05) is 23.7 Å². The van der Waals surface area contributed by atoms with Gasteiger partial charge in [-0.25, -0.2) is 4.39 Å². The number of hydrogen-bond acceptors (Lipinski definition) is 2. The third-order valence-corrected chi connectivity index (χ3v) is 3.04. The summed E-state index contributed by atoms with van der Waals surface area (Å²) in [6.07, 6.45) is 0.223. The number of carbonyl (C=O) groups is 1. The van der Waals surface area contributed by atoms with E-state index < -0.39 is 0 Å². The van der Waals surface area contributed by atoms with Crippen molar-refractivity contribution in [3.05, 3.63) is 64.9 Å². The highest BCUT2D eigenvalue weighted by atomic mass is 35.5. The third-order valence-electron chi connectivity index (χ3n) is 2.78. The average Bonchev–Trinajstić information content (AvgIpc) is 2.48. The minimum atomic E-state index is -0.310. The quantitative estimate of drug-likeness (QED) is 0.832. The summed E-state index contributed by atoms with van der Waals surface area (Å²) in [4.78, 5) is 11.7. The van der Waals surface area contributed by atoms with Crippen LogP contribution in [-0.4, -0.2) is 19.1 Å². The minimum absolute atomic E-state index is 0.124. The van der Waals surface area contributed by atoms with Gasteiger partial charge in [0.25, 0.3) is 0 Å². The van der Waals surface area contributed by atoms with Crippen LogP contribution in [0.15, 0.2) is 48.5 Å². The second-order valence-corrected chi connectivity index (χ2v) is 4.89. The molecule has 1 amide bonds. The Bertz CT molecular complexity index is 584. The Labute approximate surface area is 127 Å². The molecule has 0 bridgehead atoms. The summed E-state index contributed by atoms with van der Waals surface area (Å²) in [6, 6.07) is 12.9. The van der Waals surface area contributed by atoms with E-state index in [1.54, 1.807) is 36.4 Å². The van der Waals surface area contributed by atoms with Gasteiger partial charge in [0.2, 0.25) is 5.91 Å². The molecule has 3 nitrogen and oxygen atoms in total. The molecule has 0 aliphatic heterocycles. The van der Waals surface area contributed by atoms with E-state index in [-0.39, 0.29) is 18.1 Å². The lowest BCUT2D eigenvalue weighted by molar-refractivity contribution is -0.120. The van der Waals surface area contributed by atoms with Crippen LogP contribution in [0.25, 0.3) is 0 Å². The van der Waals surface area contributed by atoms with Crippen LogP contribution in [0.1, 0.15) is 5.56 Å². The number of nitrogens with one attached hydrogen (secondary N) is 1. The van der Waals surface area contributed by atoms with Gasteiger partial charge in [-0.15, -0.1) is 0 Å². The van der Waals surface area contributed by atoms with Gasteiger partial charge >= 0.3 is 0 Å². The van der Waals surface area contributed by atoms with E-state index in [9.17, 15) is 9.18 Å². The molecule has 0 heterocycles. The van der Waals surface area contributed by atoms with Gasteiger partial charge in [0.15, 0.2) is 0 Å². The van der Waals surface area contributed by atoms with E-state index in [0.717, 1.165) is 5.56 Å². The van der Waals surface area contributed by atoms with E-state index in [1.165, 1.54) is 12.1 Å². The largest absolute Gasteiger partial charge is 0.492 e. The summed E-state index contributed by atoms with van der Waals surface area (Å²) < 4.78 is 18.2. The van der Waals surface area contributed by atoms with Gasteiger partial charge in [0.05, 0.1) is 13.0 Å². The summed E-state index contributed by atoms with van der Waals surface area (Å²) in [5.41, 5.74) is 0.771. The van der Waals surface area contributed by atoms with Gasteiger partial charge in [0.1, 0.15) is 18.2 Å². The van der Waals surface area contributed by atoms with Crippen molar-refractivity contribution >= 4 is 17.5 Å². The molecule has 2 aromatic rings. The first kappa shape index (κ1) is 15.3. The summed E-state index contributed by atoms with van der Waals surface area (Å²) in [5.74, 6) is 0.268. The molecule has 21 heavy (non-hydrogen) atoms. The second-order valence-electron chi connectivity index (χ2n) is 4.46. The molecule has 0 saturated heterocycles. The van der Waals surface area contributed by atoms with Crippen molar-refractivity contribution in [3.8, 4) is 5.75 Å². The molecule has 0 aromatic heterocycles. The monoisotopic (exact) mass is 307 g/mol. The molecule has 1 N–H and O–H groups in total. The zero-order chi connectivity index (χ0) is 15.1. The van der Waals surface area contributed by atoms with Crippen LogP contribution in [0.3, 0.4) is 0 Å². The highest BCUT2D eigenvalue weighted by Gasteiger charge is 2.03. The molecule has 2 aromatic carbocycles. The summed E-state index contributed by atoms with van der Waals surface area (Å²) in [6.45, 7) is 0.777. The van der Waals surface area contributed by atoms with Crippen LogP contribution in [0.4, 0.5) is 4.39 Å². The predicted molar refractivity (Wildman–Crippen MR) is 80.1 cm³/mol. The number of rotatable bonds is 6. The summed E-state index contributed by atoms with van der Waals surface area (Å²) in [5, 5.41) is 3.39. The summed E-state index contributed by atoms with van der Waals surface area (Å²) >= 11 is 5.77. The minimum Gasteiger partial charge on any atom is -0.492 e. The van der Waals surface area contributed by atoms with Crippen LogP contribution >= 0.6 is 11.6 Å². The van der Waals surface area contributed by atoms with Gasteiger partial charge in [-0.2, -0.15) is 0 Å². The first-order chi connectivity index (χ1) is 10.1. The van der Waals surface area contributed by atoms with Crippen molar-refractivity contribution < 1.29 is 13.9 Å². The Morgan fingerprint density at radius 3 is 2.43 bits per heavy atom. The lowest BCUT2D eigenvalue weighted by atomic mass is 10.1. The van der Waals surface area contributed by atoms with E-state index in [0.29, 0.717) is 23.9 Å². The molecule has 0 atom stereocenters. The topological polar surface area (TPSA) is 38.3 Å². The zero-order valence-corrected chi connectivity index (χ0v) is 12.1. The number of amides is 1. The molecular weight excluding hydrogens is 293 g/mol. The number of hydrogen-bond donors (Lipinski definition) is 1. The normalized spacial score (nSPS) is 10.2. The molecular formula is C16H15ClFNO2. The molecule has 0 aliphatic rings. The Morgan fingerprint density at radius 2 is 1.76 bits per heavy atom. The van der Waals surface area contributed by atoms with Crippen molar-refractivity contribution in [1.82, 2.24) is 5.32 Å². The lowest BCUT2D eigenvalue weighted by Gasteiger charge is -2.08. The smallest absolute Gasteiger partial charge is 0.224 e. The van der Waals surface area contributed by atoms with Gasteiger partial charge in [-0.05, 0) is 42.0 Å². The molecule has 0 radical (unpaired) electrons. The van der Waals surface area contributed by atoms with Crippen LogP contribution in [-0.2, 0) is 11.2 Å². The molecule has 0 unspecified atom stereocenters.